The van der Waals surface area contributed by atoms with Crippen molar-refractivity contribution in [1.29, 1.82) is 0 Å². The van der Waals surface area contributed by atoms with E-state index in [1.807, 2.05) is 25.4 Å². The van der Waals surface area contributed by atoms with E-state index in [4.69, 9.17) is 9.15 Å². The molecule has 1 N–H and O–H groups in total. The third-order valence-electron chi connectivity index (χ3n) is 4.04. The van der Waals surface area contributed by atoms with E-state index in [1.54, 1.807) is 0 Å². The Kier molecular flexibility index (Phi) is 3.85. The van der Waals surface area contributed by atoms with Crippen molar-refractivity contribution < 1.29 is 9.15 Å². The standard InChI is InChI=1S/C16H21NO2/c1-17-15(9-8-12-5-4-10-18-12)14-11-19-16-7-3-2-6-13(14)16/h2-3,6-7,11-12,15,17H,4-5,8-10H2,1H3. The quantitative estimate of drug-likeness (QED) is 0.890. The van der Waals surface area contributed by atoms with Gasteiger partial charge in [0.05, 0.1) is 12.4 Å². The second kappa shape index (κ2) is 5.76. The third kappa shape index (κ3) is 2.67. The Bertz CT molecular complexity index is 528. The molecule has 19 heavy (non-hydrogen) atoms. The van der Waals surface area contributed by atoms with Crippen molar-refractivity contribution >= 4 is 11.0 Å². The van der Waals surface area contributed by atoms with Gasteiger partial charge in [-0.1, -0.05) is 18.2 Å². The molecule has 0 spiro atoms. The molecular weight excluding hydrogens is 238 g/mol. The van der Waals surface area contributed by atoms with Crippen LogP contribution in [-0.4, -0.2) is 19.8 Å². The summed E-state index contributed by atoms with van der Waals surface area (Å²) in [4.78, 5) is 0. The summed E-state index contributed by atoms with van der Waals surface area (Å²) in [5.74, 6) is 0. The number of hydrogen-bond donors (Lipinski definition) is 1. The van der Waals surface area contributed by atoms with Gasteiger partial charge in [-0.2, -0.15) is 0 Å². The first kappa shape index (κ1) is 12.7. The van der Waals surface area contributed by atoms with Gasteiger partial charge in [-0.05, 0) is 38.8 Å². The fraction of sp³-hybridized carbons (Fsp3) is 0.500. The van der Waals surface area contributed by atoms with E-state index in [9.17, 15) is 0 Å². The smallest absolute Gasteiger partial charge is 0.134 e. The molecule has 1 aromatic carbocycles. The summed E-state index contributed by atoms with van der Waals surface area (Å²) in [5.41, 5.74) is 2.23. The molecule has 0 saturated carbocycles. The molecule has 2 aromatic rings. The number of rotatable bonds is 5. The van der Waals surface area contributed by atoms with E-state index in [0.29, 0.717) is 12.1 Å². The van der Waals surface area contributed by atoms with Gasteiger partial charge < -0.3 is 14.5 Å². The number of furan rings is 1. The predicted octanol–water partition coefficient (Wildman–Crippen LogP) is 3.65. The lowest BCUT2D eigenvalue weighted by Crippen LogP contribution is -2.18. The first-order valence-electron chi connectivity index (χ1n) is 7.13. The Labute approximate surface area is 113 Å². The average Bonchev–Trinajstić information content (AvgIpc) is 3.09. The molecule has 1 fully saturated rings. The van der Waals surface area contributed by atoms with Crippen molar-refractivity contribution in [2.75, 3.05) is 13.7 Å². The van der Waals surface area contributed by atoms with Crippen LogP contribution in [0.4, 0.5) is 0 Å². The van der Waals surface area contributed by atoms with Crippen LogP contribution >= 0.6 is 0 Å². The SMILES string of the molecule is CNC(CCC1CCCO1)c1coc2ccccc12. The number of fused-ring (bicyclic) bond motifs is 1. The van der Waals surface area contributed by atoms with Crippen molar-refractivity contribution in [3.8, 4) is 0 Å². The van der Waals surface area contributed by atoms with Crippen LogP contribution in [-0.2, 0) is 4.74 Å². The second-order valence-corrected chi connectivity index (χ2v) is 5.24. The molecule has 3 heteroatoms. The lowest BCUT2D eigenvalue weighted by Gasteiger charge is -2.17. The Morgan fingerprint density at radius 2 is 2.26 bits per heavy atom. The normalized spacial score (nSPS) is 21.0. The minimum atomic E-state index is 0.341. The van der Waals surface area contributed by atoms with Crippen LogP contribution < -0.4 is 5.32 Å². The van der Waals surface area contributed by atoms with Crippen molar-refractivity contribution in [3.05, 3.63) is 36.1 Å². The van der Waals surface area contributed by atoms with Gasteiger partial charge in [0.1, 0.15) is 5.58 Å². The van der Waals surface area contributed by atoms with Crippen LogP contribution in [0.15, 0.2) is 34.9 Å². The molecule has 3 rings (SSSR count). The van der Waals surface area contributed by atoms with E-state index < -0.39 is 0 Å². The van der Waals surface area contributed by atoms with Gasteiger partial charge in [-0.15, -0.1) is 0 Å². The maximum absolute atomic E-state index is 5.70. The summed E-state index contributed by atoms with van der Waals surface area (Å²) < 4.78 is 11.3. The van der Waals surface area contributed by atoms with Gasteiger partial charge in [0.25, 0.3) is 0 Å². The van der Waals surface area contributed by atoms with Crippen LogP contribution in [0, 0.1) is 0 Å². The molecule has 1 aliphatic heterocycles. The summed E-state index contributed by atoms with van der Waals surface area (Å²) in [5, 5.41) is 4.62. The third-order valence-corrected chi connectivity index (χ3v) is 4.04. The Morgan fingerprint density at radius 3 is 3.05 bits per heavy atom. The van der Waals surface area contributed by atoms with Crippen molar-refractivity contribution in [2.24, 2.45) is 0 Å². The Hall–Kier alpha value is -1.32. The van der Waals surface area contributed by atoms with Gasteiger partial charge in [-0.25, -0.2) is 0 Å². The molecule has 0 radical (unpaired) electrons. The molecule has 1 aromatic heterocycles. The number of ether oxygens (including phenoxy) is 1. The zero-order chi connectivity index (χ0) is 13.1. The predicted molar refractivity (Wildman–Crippen MR) is 76.2 cm³/mol. The van der Waals surface area contributed by atoms with Crippen molar-refractivity contribution in [3.63, 3.8) is 0 Å². The van der Waals surface area contributed by atoms with Crippen LogP contribution in [0.5, 0.6) is 0 Å². The van der Waals surface area contributed by atoms with Gasteiger partial charge >= 0.3 is 0 Å². The summed E-state index contributed by atoms with van der Waals surface area (Å²) in [6, 6.07) is 8.56. The number of para-hydroxylation sites is 1. The highest BCUT2D eigenvalue weighted by atomic mass is 16.5. The molecule has 1 aliphatic rings. The van der Waals surface area contributed by atoms with Gasteiger partial charge in [0.15, 0.2) is 0 Å². The molecule has 2 unspecified atom stereocenters. The minimum Gasteiger partial charge on any atom is -0.464 e. The Balaban J connectivity index is 1.73. The number of nitrogens with one attached hydrogen (secondary N) is 1. The zero-order valence-electron chi connectivity index (χ0n) is 11.4. The summed E-state index contributed by atoms with van der Waals surface area (Å²) in [7, 11) is 2.02. The highest BCUT2D eigenvalue weighted by Gasteiger charge is 2.20. The van der Waals surface area contributed by atoms with Gasteiger partial charge in [0, 0.05) is 23.6 Å². The fourth-order valence-corrected chi connectivity index (χ4v) is 2.95. The number of hydrogen-bond acceptors (Lipinski definition) is 3. The maximum Gasteiger partial charge on any atom is 0.134 e. The molecule has 2 atom stereocenters. The first-order chi connectivity index (χ1) is 9.38. The molecule has 102 valence electrons. The maximum atomic E-state index is 5.70. The van der Waals surface area contributed by atoms with E-state index in [2.05, 4.69) is 17.4 Å². The summed E-state index contributed by atoms with van der Waals surface area (Å²) in [6.07, 6.45) is 6.97. The molecular formula is C16H21NO2. The number of benzene rings is 1. The van der Waals surface area contributed by atoms with Crippen LogP contribution in [0.1, 0.15) is 37.3 Å². The zero-order valence-corrected chi connectivity index (χ0v) is 11.4. The summed E-state index contributed by atoms with van der Waals surface area (Å²) >= 11 is 0. The van der Waals surface area contributed by atoms with Crippen LogP contribution in [0.3, 0.4) is 0 Å². The molecule has 2 heterocycles. The summed E-state index contributed by atoms with van der Waals surface area (Å²) in [6.45, 7) is 0.934. The second-order valence-electron chi connectivity index (χ2n) is 5.24. The Morgan fingerprint density at radius 1 is 1.37 bits per heavy atom. The highest BCUT2D eigenvalue weighted by molar-refractivity contribution is 5.81. The lowest BCUT2D eigenvalue weighted by molar-refractivity contribution is 0.0998. The lowest BCUT2D eigenvalue weighted by atomic mass is 9.99. The fourth-order valence-electron chi connectivity index (χ4n) is 2.95. The van der Waals surface area contributed by atoms with E-state index >= 15 is 0 Å². The highest BCUT2D eigenvalue weighted by Crippen LogP contribution is 2.30. The van der Waals surface area contributed by atoms with Gasteiger partial charge in [0.2, 0.25) is 0 Å². The molecule has 1 saturated heterocycles. The minimum absolute atomic E-state index is 0.341. The monoisotopic (exact) mass is 259 g/mol. The first-order valence-corrected chi connectivity index (χ1v) is 7.13. The van der Waals surface area contributed by atoms with Crippen LogP contribution in [0.2, 0.25) is 0 Å². The van der Waals surface area contributed by atoms with Crippen molar-refractivity contribution in [1.82, 2.24) is 5.32 Å². The van der Waals surface area contributed by atoms with Gasteiger partial charge in [-0.3, -0.25) is 0 Å². The van der Waals surface area contributed by atoms with Crippen LogP contribution in [0.25, 0.3) is 11.0 Å². The molecule has 0 bridgehead atoms. The molecule has 0 amide bonds. The topological polar surface area (TPSA) is 34.4 Å². The largest absolute Gasteiger partial charge is 0.464 e. The van der Waals surface area contributed by atoms with E-state index in [1.165, 1.54) is 23.8 Å². The average molecular weight is 259 g/mol. The molecule has 3 nitrogen and oxygen atoms in total. The van der Waals surface area contributed by atoms with Crippen molar-refractivity contribution in [2.45, 2.75) is 37.8 Å². The van der Waals surface area contributed by atoms with E-state index in [0.717, 1.165) is 25.0 Å². The molecule has 0 aliphatic carbocycles. The van der Waals surface area contributed by atoms with E-state index in [-0.39, 0.29) is 0 Å².